The first kappa shape index (κ1) is 20.5. The highest BCUT2D eigenvalue weighted by Crippen LogP contribution is 2.38. The summed E-state index contributed by atoms with van der Waals surface area (Å²) in [5, 5.41) is 9.30. The first-order chi connectivity index (χ1) is 14.5. The van der Waals surface area contributed by atoms with Crippen LogP contribution in [0.1, 0.15) is 26.3 Å². The lowest BCUT2D eigenvalue weighted by molar-refractivity contribution is 0.0523. The molecule has 8 nitrogen and oxygen atoms in total. The number of carbonyl (C=O) groups excluding carboxylic acids is 1. The molecule has 0 amide bonds. The maximum atomic E-state index is 15.0. The van der Waals surface area contributed by atoms with Gasteiger partial charge in [-0.25, -0.2) is 9.18 Å². The van der Waals surface area contributed by atoms with Crippen molar-refractivity contribution < 1.29 is 13.9 Å². The molecule has 0 atom stereocenters. The second-order valence-electron chi connectivity index (χ2n) is 8.42. The second-order valence-corrected chi connectivity index (χ2v) is 8.42. The van der Waals surface area contributed by atoms with Crippen molar-refractivity contribution in [2.45, 2.75) is 33.3 Å². The highest BCUT2D eigenvalue weighted by atomic mass is 19.1. The van der Waals surface area contributed by atoms with Crippen molar-refractivity contribution in [1.29, 1.82) is 0 Å². The quantitative estimate of drug-likeness (QED) is 0.483. The molecular weight excluding hydrogens is 399 g/mol. The number of nitrogen functional groups attached to an aromatic ring is 1. The lowest BCUT2D eigenvalue weighted by Gasteiger charge is -2.19. The molecule has 2 N–H and O–H groups in total. The Morgan fingerprint density at radius 1 is 1.19 bits per heavy atom. The van der Waals surface area contributed by atoms with Gasteiger partial charge in [-0.1, -0.05) is 0 Å². The smallest absolute Gasteiger partial charge is 0.435 e. The summed E-state index contributed by atoms with van der Waals surface area (Å²) in [5.41, 5.74) is 8.47. The van der Waals surface area contributed by atoms with E-state index in [0.29, 0.717) is 44.5 Å². The molecule has 0 saturated heterocycles. The average Bonchev–Trinajstić information content (AvgIpc) is 3.23. The molecule has 3 heterocycles. The third kappa shape index (κ3) is 3.74. The molecular formula is C22H23FN6O2. The second kappa shape index (κ2) is 7.19. The number of fused-ring (bicyclic) bond motifs is 1. The standard InChI is InChI=1S/C22H23FN6O2/c1-12-6-14(24)7-16(23)18(12)15-9-25-10-17-19(15)20(13-8-26-28(5)11-13)27-29(17)21(30)31-22(2,3)4/h6-11H,24H2,1-5H3. The predicted molar refractivity (Wildman–Crippen MR) is 116 cm³/mol. The van der Waals surface area contributed by atoms with Crippen LogP contribution in [0, 0.1) is 12.7 Å². The van der Waals surface area contributed by atoms with Crippen LogP contribution in [0.3, 0.4) is 0 Å². The molecule has 4 rings (SSSR count). The topological polar surface area (TPSA) is 101 Å². The molecule has 0 unspecified atom stereocenters. The number of hydrogen-bond acceptors (Lipinski definition) is 6. The summed E-state index contributed by atoms with van der Waals surface area (Å²) in [5.74, 6) is -0.478. The minimum absolute atomic E-state index is 0.329. The van der Waals surface area contributed by atoms with Gasteiger partial charge in [0.1, 0.15) is 22.6 Å². The van der Waals surface area contributed by atoms with Gasteiger partial charge in [0.05, 0.1) is 12.4 Å². The lowest BCUT2D eigenvalue weighted by Crippen LogP contribution is -2.27. The van der Waals surface area contributed by atoms with E-state index in [1.165, 1.54) is 12.3 Å². The molecule has 0 aliphatic rings. The van der Waals surface area contributed by atoms with Crippen molar-refractivity contribution in [3.63, 3.8) is 0 Å². The Kier molecular flexibility index (Phi) is 4.76. The number of pyridine rings is 1. The summed E-state index contributed by atoms with van der Waals surface area (Å²) in [4.78, 5) is 17.1. The summed E-state index contributed by atoms with van der Waals surface area (Å²) in [6.45, 7) is 7.09. The van der Waals surface area contributed by atoms with E-state index in [0.717, 1.165) is 4.68 Å². The van der Waals surface area contributed by atoms with Crippen molar-refractivity contribution in [3.8, 4) is 22.4 Å². The molecule has 1 aromatic carbocycles. The van der Waals surface area contributed by atoms with Gasteiger partial charge in [-0.05, 0) is 45.4 Å². The van der Waals surface area contributed by atoms with Crippen LogP contribution < -0.4 is 5.73 Å². The zero-order valence-electron chi connectivity index (χ0n) is 18.0. The van der Waals surface area contributed by atoms with Gasteiger partial charge >= 0.3 is 6.09 Å². The number of nitrogens with zero attached hydrogens (tertiary/aromatic N) is 5. The predicted octanol–water partition coefficient (Wildman–Crippen LogP) is 4.31. The molecule has 0 bridgehead atoms. The van der Waals surface area contributed by atoms with Crippen molar-refractivity contribution in [1.82, 2.24) is 24.5 Å². The Morgan fingerprint density at radius 2 is 1.94 bits per heavy atom. The van der Waals surface area contributed by atoms with Crippen molar-refractivity contribution in [3.05, 3.63) is 48.3 Å². The number of aryl methyl sites for hydroxylation is 2. The van der Waals surface area contributed by atoms with Crippen LogP contribution >= 0.6 is 0 Å². The Balaban J connectivity index is 2.05. The molecule has 0 spiro atoms. The maximum Gasteiger partial charge on any atom is 0.435 e. The summed E-state index contributed by atoms with van der Waals surface area (Å²) in [6, 6.07) is 2.96. The largest absolute Gasteiger partial charge is 0.442 e. The first-order valence-corrected chi connectivity index (χ1v) is 9.70. The number of anilines is 1. The summed E-state index contributed by atoms with van der Waals surface area (Å²) >= 11 is 0. The van der Waals surface area contributed by atoms with Crippen LogP contribution in [0.15, 0.2) is 36.9 Å². The SMILES string of the molecule is Cc1cc(N)cc(F)c1-c1cncc2c1c(-c1cnn(C)c1)nn2C(=O)OC(C)(C)C. The van der Waals surface area contributed by atoms with Gasteiger partial charge in [0.25, 0.3) is 0 Å². The zero-order valence-corrected chi connectivity index (χ0v) is 18.0. The third-order valence-corrected chi connectivity index (χ3v) is 4.71. The number of benzene rings is 1. The van der Waals surface area contributed by atoms with Crippen LogP contribution in [-0.4, -0.2) is 36.2 Å². The third-order valence-electron chi connectivity index (χ3n) is 4.71. The molecule has 0 fully saturated rings. The minimum Gasteiger partial charge on any atom is -0.442 e. The van der Waals surface area contributed by atoms with E-state index in [-0.39, 0.29) is 0 Å². The molecule has 0 aliphatic carbocycles. The summed E-state index contributed by atoms with van der Waals surface area (Å²) in [7, 11) is 1.78. The fourth-order valence-corrected chi connectivity index (χ4v) is 3.55. The molecule has 9 heteroatoms. The summed E-state index contributed by atoms with van der Waals surface area (Å²) in [6.07, 6.45) is 5.83. The van der Waals surface area contributed by atoms with Crippen LogP contribution in [0.4, 0.5) is 14.9 Å². The monoisotopic (exact) mass is 422 g/mol. The Bertz CT molecular complexity index is 1290. The minimum atomic E-state index is -0.714. The first-order valence-electron chi connectivity index (χ1n) is 9.70. The number of carbonyl (C=O) groups is 1. The van der Waals surface area contributed by atoms with Gasteiger partial charge in [0, 0.05) is 47.2 Å². The van der Waals surface area contributed by atoms with Gasteiger partial charge in [0.15, 0.2) is 0 Å². The van der Waals surface area contributed by atoms with Gasteiger partial charge in [-0.15, -0.1) is 0 Å². The van der Waals surface area contributed by atoms with Crippen LogP contribution in [0.5, 0.6) is 0 Å². The van der Waals surface area contributed by atoms with Crippen molar-refractivity contribution >= 4 is 22.7 Å². The fourth-order valence-electron chi connectivity index (χ4n) is 3.55. The van der Waals surface area contributed by atoms with E-state index in [4.69, 9.17) is 10.5 Å². The van der Waals surface area contributed by atoms with E-state index >= 15 is 4.39 Å². The highest BCUT2D eigenvalue weighted by molar-refractivity contribution is 6.06. The van der Waals surface area contributed by atoms with Gasteiger partial charge in [0.2, 0.25) is 0 Å². The van der Waals surface area contributed by atoms with Gasteiger partial charge in [-0.3, -0.25) is 9.67 Å². The number of hydrogen-bond donors (Lipinski definition) is 1. The molecule has 0 radical (unpaired) electrons. The summed E-state index contributed by atoms with van der Waals surface area (Å²) < 4.78 is 23.3. The fraction of sp³-hybridized carbons (Fsp3) is 0.273. The van der Waals surface area contributed by atoms with Gasteiger partial charge in [-0.2, -0.15) is 14.9 Å². The molecule has 0 aliphatic heterocycles. The molecule has 4 aromatic rings. The van der Waals surface area contributed by atoms with Crippen LogP contribution in [0.25, 0.3) is 33.3 Å². The number of halogens is 1. The lowest BCUT2D eigenvalue weighted by atomic mass is 9.96. The van der Waals surface area contributed by atoms with Crippen LogP contribution in [-0.2, 0) is 11.8 Å². The molecule has 0 saturated carbocycles. The Labute approximate surface area is 178 Å². The van der Waals surface area contributed by atoms with E-state index in [2.05, 4.69) is 15.2 Å². The van der Waals surface area contributed by atoms with Crippen molar-refractivity contribution in [2.75, 3.05) is 5.73 Å². The van der Waals surface area contributed by atoms with Crippen LogP contribution in [0.2, 0.25) is 0 Å². The normalized spacial score (nSPS) is 11.8. The zero-order chi connectivity index (χ0) is 22.5. The molecule has 3 aromatic heterocycles. The van der Waals surface area contributed by atoms with E-state index in [1.54, 1.807) is 64.1 Å². The highest BCUT2D eigenvalue weighted by Gasteiger charge is 2.26. The Morgan fingerprint density at radius 3 is 2.55 bits per heavy atom. The van der Waals surface area contributed by atoms with Crippen molar-refractivity contribution in [2.24, 2.45) is 7.05 Å². The average molecular weight is 422 g/mol. The number of nitrogens with two attached hydrogens (primary N) is 1. The van der Waals surface area contributed by atoms with E-state index in [1.807, 2.05) is 0 Å². The van der Waals surface area contributed by atoms with E-state index < -0.39 is 17.5 Å². The number of aromatic nitrogens is 5. The molecule has 31 heavy (non-hydrogen) atoms. The number of rotatable bonds is 2. The number of ether oxygens (including phenoxy) is 1. The maximum absolute atomic E-state index is 15.0. The Hall–Kier alpha value is -3.75. The van der Waals surface area contributed by atoms with Gasteiger partial charge < -0.3 is 10.5 Å². The molecule has 160 valence electrons. The van der Waals surface area contributed by atoms with E-state index in [9.17, 15) is 4.79 Å².